The molecular formula is C29H33N5O7. The van der Waals surface area contributed by atoms with Gasteiger partial charge in [0.05, 0.1) is 32.0 Å². The van der Waals surface area contributed by atoms with Gasteiger partial charge in [-0.25, -0.2) is 0 Å². The van der Waals surface area contributed by atoms with Crippen molar-refractivity contribution in [2.45, 2.75) is 38.0 Å². The van der Waals surface area contributed by atoms with Crippen molar-refractivity contribution in [1.82, 2.24) is 25.7 Å². The third kappa shape index (κ3) is 6.71. The standard InChI is InChI=1S/C29H33N5O7/c1-38-24-7-3-18-4-8-27(35)30-13-19-5-6-21(12-25(19)39-2)41-23-9-10-34(29(37)20-14-31-32-15-20)16-22(23)33-28(36)17-40-26(24)11-18/h3,5-7,11-12,14-15,22-23H,4,8-10,13,16-17H2,1-2H3,(H,30,35)(H,31,32)(H,33,36)/t22-,23+/m1/s1. The van der Waals surface area contributed by atoms with Crippen molar-refractivity contribution in [3.63, 3.8) is 0 Å². The quantitative estimate of drug-likeness (QED) is 0.438. The first-order valence-corrected chi connectivity index (χ1v) is 13.4. The summed E-state index contributed by atoms with van der Waals surface area (Å²) in [6.07, 6.45) is 3.82. The molecule has 0 spiro atoms. The zero-order chi connectivity index (χ0) is 28.8. The Labute approximate surface area is 237 Å². The van der Waals surface area contributed by atoms with Crippen molar-refractivity contribution in [3.05, 3.63) is 65.5 Å². The molecule has 2 aromatic carbocycles. The van der Waals surface area contributed by atoms with E-state index in [1.807, 2.05) is 12.1 Å². The number of carbonyl (C=O) groups excluding carboxylic acids is 3. The van der Waals surface area contributed by atoms with Gasteiger partial charge in [0.25, 0.3) is 11.8 Å². The van der Waals surface area contributed by atoms with E-state index in [1.165, 1.54) is 13.3 Å². The summed E-state index contributed by atoms with van der Waals surface area (Å²) in [5.74, 6) is 1.32. The molecule has 12 heteroatoms. The number of amides is 3. The highest BCUT2D eigenvalue weighted by molar-refractivity contribution is 5.93. The number of hydrogen-bond donors (Lipinski definition) is 3. The Morgan fingerprint density at radius 1 is 1.05 bits per heavy atom. The Kier molecular flexibility index (Phi) is 8.56. The van der Waals surface area contributed by atoms with E-state index < -0.39 is 12.1 Å². The normalized spacial score (nSPS) is 19.7. The maximum atomic E-state index is 13.1. The Morgan fingerprint density at radius 2 is 1.90 bits per heavy atom. The molecule has 12 nitrogen and oxygen atoms in total. The van der Waals surface area contributed by atoms with Crippen molar-refractivity contribution in [2.75, 3.05) is 33.9 Å². The maximum Gasteiger partial charge on any atom is 0.258 e. The summed E-state index contributed by atoms with van der Waals surface area (Å²) >= 11 is 0. The lowest BCUT2D eigenvalue weighted by molar-refractivity contribution is -0.125. The first-order valence-electron chi connectivity index (χ1n) is 13.4. The number of carbonyl (C=O) groups is 3. The molecule has 3 amide bonds. The fourth-order valence-electron chi connectivity index (χ4n) is 4.99. The lowest BCUT2D eigenvalue weighted by atomic mass is 10.0. The van der Waals surface area contributed by atoms with E-state index in [2.05, 4.69) is 20.8 Å². The van der Waals surface area contributed by atoms with Crippen LogP contribution in [0.25, 0.3) is 0 Å². The van der Waals surface area contributed by atoms with Crippen LogP contribution >= 0.6 is 0 Å². The second kappa shape index (κ2) is 12.6. The average Bonchev–Trinajstić information content (AvgIpc) is 3.53. The molecule has 1 fully saturated rings. The molecule has 0 unspecified atom stereocenters. The van der Waals surface area contributed by atoms with E-state index in [1.54, 1.807) is 42.5 Å². The summed E-state index contributed by atoms with van der Waals surface area (Å²) in [6, 6.07) is 10.3. The average molecular weight is 564 g/mol. The molecule has 0 saturated carbocycles. The number of aromatic amines is 1. The number of ether oxygens (including phenoxy) is 4. The van der Waals surface area contributed by atoms with Crippen LogP contribution in [0.5, 0.6) is 23.0 Å². The van der Waals surface area contributed by atoms with E-state index >= 15 is 0 Å². The highest BCUT2D eigenvalue weighted by Gasteiger charge is 2.35. The molecular weight excluding hydrogens is 530 g/mol. The molecule has 0 aliphatic carbocycles. The number of H-pyrrole nitrogens is 1. The number of methoxy groups -OCH3 is 2. The monoisotopic (exact) mass is 563 g/mol. The van der Waals surface area contributed by atoms with Crippen LogP contribution in [0.2, 0.25) is 0 Å². The molecule has 4 heterocycles. The van der Waals surface area contributed by atoms with Gasteiger partial charge in [-0.1, -0.05) is 6.07 Å². The Bertz CT molecular complexity index is 1390. The van der Waals surface area contributed by atoms with Gasteiger partial charge in [0, 0.05) is 50.3 Å². The number of likely N-dealkylation sites (tertiary alicyclic amines) is 1. The number of nitrogens with zero attached hydrogens (tertiary/aromatic N) is 2. The number of benzene rings is 2. The van der Waals surface area contributed by atoms with Crippen molar-refractivity contribution in [2.24, 2.45) is 0 Å². The minimum atomic E-state index is -0.518. The topological polar surface area (TPSA) is 144 Å². The van der Waals surface area contributed by atoms with Crippen molar-refractivity contribution in [3.8, 4) is 23.0 Å². The predicted octanol–water partition coefficient (Wildman–Crippen LogP) is 1.85. The Hall–Kier alpha value is -4.74. The summed E-state index contributed by atoms with van der Waals surface area (Å²) in [4.78, 5) is 40.4. The van der Waals surface area contributed by atoms with Crippen molar-refractivity contribution >= 4 is 17.7 Å². The van der Waals surface area contributed by atoms with Gasteiger partial charge in [-0.2, -0.15) is 5.10 Å². The zero-order valence-corrected chi connectivity index (χ0v) is 23.0. The summed E-state index contributed by atoms with van der Waals surface area (Å²) in [7, 11) is 3.08. The molecule has 3 N–H and O–H groups in total. The van der Waals surface area contributed by atoms with E-state index in [0.717, 1.165) is 11.1 Å². The van der Waals surface area contributed by atoms with E-state index in [0.29, 0.717) is 54.5 Å². The van der Waals surface area contributed by atoms with E-state index in [9.17, 15) is 14.4 Å². The fraction of sp³-hybridized carbons (Fsp3) is 0.379. The summed E-state index contributed by atoms with van der Waals surface area (Å²) in [5, 5.41) is 12.5. The van der Waals surface area contributed by atoms with Crippen molar-refractivity contribution in [1.29, 1.82) is 0 Å². The molecule has 3 aromatic rings. The lowest BCUT2D eigenvalue weighted by Gasteiger charge is -2.38. The Balaban J connectivity index is 1.42. The second-order valence-electron chi connectivity index (χ2n) is 9.88. The van der Waals surface area contributed by atoms with Crippen LogP contribution in [0.4, 0.5) is 0 Å². The number of rotatable bonds is 3. The van der Waals surface area contributed by atoms with Crippen LogP contribution < -0.4 is 29.6 Å². The molecule has 2 atom stereocenters. The van der Waals surface area contributed by atoms with Crippen LogP contribution in [-0.4, -0.2) is 78.9 Å². The fourth-order valence-corrected chi connectivity index (χ4v) is 4.99. The third-order valence-electron chi connectivity index (χ3n) is 7.18. The molecule has 3 aliphatic rings. The number of nitrogens with one attached hydrogen (secondary N) is 3. The van der Waals surface area contributed by atoms with Crippen LogP contribution in [0.1, 0.15) is 34.3 Å². The summed E-state index contributed by atoms with van der Waals surface area (Å²) in [5.41, 5.74) is 2.11. The number of hydrogen-bond acceptors (Lipinski definition) is 8. The first kappa shape index (κ1) is 27.8. The molecule has 216 valence electrons. The van der Waals surface area contributed by atoms with E-state index in [4.69, 9.17) is 18.9 Å². The Morgan fingerprint density at radius 3 is 2.68 bits per heavy atom. The molecule has 3 aliphatic heterocycles. The molecule has 6 rings (SSSR count). The molecule has 1 saturated heterocycles. The molecule has 1 aromatic heterocycles. The summed E-state index contributed by atoms with van der Waals surface area (Å²) in [6.45, 7) is 0.692. The van der Waals surface area contributed by atoms with Crippen molar-refractivity contribution < 1.29 is 33.3 Å². The number of fused-ring (bicyclic) bond motifs is 9. The van der Waals surface area contributed by atoms with Crippen LogP contribution in [0.15, 0.2) is 48.8 Å². The van der Waals surface area contributed by atoms with Gasteiger partial charge in [0.2, 0.25) is 5.91 Å². The summed E-state index contributed by atoms with van der Waals surface area (Å²) < 4.78 is 23.2. The third-order valence-corrected chi connectivity index (χ3v) is 7.18. The lowest BCUT2D eigenvalue weighted by Crippen LogP contribution is -2.58. The molecule has 0 radical (unpaired) electrons. The number of aromatic nitrogens is 2. The van der Waals surface area contributed by atoms with Gasteiger partial charge in [-0.05, 0) is 36.2 Å². The second-order valence-corrected chi connectivity index (χ2v) is 9.88. The largest absolute Gasteiger partial charge is 0.496 e. The molecule has 4 bridgehead atoms. The molecule has 41 heavy (non-hydrogen) atoms. The van der Waals surface area contributed by atoms with Gasteiger partial charge in [-0.3, -0.25) is 19.5 Å². The van der Waals surface area contributed by atoms with Crippen LogP contribution in [-0.2, 0) is 22.6 Å². The van der Waals surface area contributed by atoms with Gasteiger partial charge >= 0.3 is 0 Å². The van der Waals surface area contributed by atoms with Crippen LogP contribution in [0, 0.1) is 0 Å². The highest BCUT2D eigenvalue weighted by Crippen LogP contribution is 2.30. The number of piperidine rings is 1. The SMILES string of the molecule is COc1cc2ccc1CNC(=O)CCc1ccc(OC)c(c1)OCC(=O)N[C@@H]1CN(C(=O)c3cn[nH]c3)CC[C@@H]1O2. The minimum absolute atomic E-state index is 0.109. The van der Waals surface area contributed by atoms with Gasteiger partial charge in [0.15, 0.2) is 18.1 Å². The number of aryl methyl sites for hydroxylation is 1. The minimum Gasteiger partial charge on any atom is -0.496 e. The zero-order valence-electron chi connectivity index (χ0n) is 23.0. The highest BCUT2D eigenvalue weighted by atomic mass is 16.5. The smallest absolute Gasteiger partial charge is 0.258 e. The van der Waals surface area contributed by atoms with Gasteiger partial charge < -0.3 is 34.5 Å². The van der Waals surface area contributed by atoms with Crippen LogP contribution in [0.3, 0.4) is 0 Å². The van der Waals surface area contributed by atoms with Gasteiger partial charge in [0.1, 0.15) is 17.6 Å². The van der Waals surface area contributed by atoms with Gasteiger partial charge in [-0.15, -0.1) is 0 Å². The first-order chi connectivity index (χ1) is 19.9. The predicted molar refractivity (Wildman–Crippen MR) is 147 cm³/mol. The maximum absolute atomic E-state index is 13.1. The van der Waals surface area contributed by atoms with E-state index in [-0.39, 0.29) is 37.3 Å².